The summed E-state index contributed by atoms with van der Waals surface area (Å²) >= 11 is 0. The maximum absolute atomic E-state index is 2.51. The zero-order valence-electron chi connectivity index (χ0n) is 12.4. The molecule has 2 fully saturated rings. The first-order valence-corrected chi connectivity index (χ1v) is 7.64. The maximum atomic E-state index is 2.51. The van der Waals surface area contributed by atoms with E-state index in [9.17, 15) is 0 Å². The Bertz CT molecular complexity index is 532. The van der Waals surface area contributed by atoms with Gasteiger partial charge in [-0.2, -0.15) is 0 Å². The minimum Gasteiger partial charge on any atom is -0.353 e. The zero-order chi connectivity index (χ0) is 12.9. The highest BCUT2D eigenvalue weighted by molar-refractivity contribution is 5.58. The van der Waals surface area contributed by atoms with Crippen molar-refractivity contribution in [1.29, 1.82) is 0 Å². The normalized spacial score (nSPS) is 38.8. The second kappa shape index (κ2) is 2.89. The van der Waals surface area contributed by atoms with Crippen LogP contribution in [-0.2, 0) is 17.9 Å². The topological polar surface area (TPSA) is 4.93 Å². The Hall–Kier alpha value is -0.720. The first-order chi connectivity index (χ1) is 8.48. The molecule has 4 rings (SSSR count). The highest BCUT2D eigenvalue weighted by atomic mass is 15.0. The van der Waals surface area contributed by atoms with Crippen LogP contribution in [0.1, 0.15) is 56.9 Å². The van der Waals surface area contributed by atoms with Crippen molar-refractivity contribution in [1.82, 2.24) is 4.57 Å². The van der Waals surface area contributed by atoms with Gasteiger partial charge in [0.25, 0.3) is 0 Å². The lowest BCUT2D eigenvalue weighted by Gasteiger charge is -2.42. The van der Waals surface area contributed by atoms with Crippen molar-refractivity contribution in [2.45, 2.75) is 57.8 Å². The third-order valence-electron chi connectivity index (χ3n) is 6.73. The lowest BCUT2D eigenvalue weighted by atomic mass is 9.64. The van der Waals surface area contributed by atoms with Gasteiger partial charge in [-0.15, -0.1) is 0 Å². The maximum Gasteiger partial charge on any atom is 0.0278 e. The zero-order valence-corrected chi connectivity index (χ0v) is 12.4. The Kier molecular flexibility index (Phi) is 1.79. The third kappa shape index (κ3) is 0.830. The molecule has 1 spiro atoms. The highest BCUT2D eigenvalue weighted by Crippen LogP contribution is 2.80. The molecule has 1 nitrogen and oxygen atoms in total. The lowest BCUT2D eigenvalue weighted by molar-refractivity contribution is 0.188. The number of hydrogen-bond acceptors (Lipinski definition) is 0. The van der Waals surface area contributed by atoms with Gasteiger partial charge in [-0.3, -0.25) is 0 Å². The van der Waals surface area contributed by atoms with Crippen molar-refractivity contribution in [3.8, 4) is 0 Å². The molecule has 0 N–H and O–H groups in total. The Morgan fingerprint density at radius 2 is 2.00 bits per heavy atom. The molecule has 3 aliphatic rings. The van der Waals surface area contributed by atoms with Crippen molar-refractivity contribution in [2.75, 3.05) is 0 Å². The number of aromatic nitrogens is 1. The van der Waals surface area contributed by atoms with Crippen LogP contribution in [-0.4, -0.2) is 4.57 Å². The summed E-state index contributed by atoms with van der Waals surface area (Å²) in [5.74, 6) is 2.65. The van der Waals surface area contributed by atoms with Crippen molar-refractivity contribution in [3.63, 3.8) is 0 Å². The van der Waals surface area contributed by atoms with Crippen molar-refractivity contribution < 1.29 is 0 Å². The fourth-order valence-corrected chi connectivity index (χ4v) is 6.26. The summed E-state index contributed by atoms with van der Waals surface area (Å²) in [5, 5.41) is 0. The van der Waals surface area contributed by atoms with Crippen molar-refractivity contribution >= 4 is 0 Å². The van der Waals surface area contributed by atoms with Crippen LogP contribution < -0.4 is 0 Å². The molecule has 0 radical (unpaired) electrons. The first kappa shape index (κ1) is 11.1. The molecule has 0 amide bonds. The summed E-state index contributed by atoms with van der Waals surface area (Å²) in [4.78, 5) is 0. The SMILES string of the molecule is Cc1cn(C)c2c1C1(C(C)C)C(C)C1C21CCC1. The molecular formula is C17H25N. The molecule has 0 bridgehead atoms. The quantitative estimate of drug-likeness (QED) is 0.704. The Morgan fingerprint density at radius 3 is 2.50 bits per heavy atom. The van der Waals surface area contributed by atoms with Crippen LogP contribution >= 0.6 is 0 Å². The molecular weight excluding hydrogens is 218 g/mol. The summed E-state index contributed by atoms with van der Waals surface area (Å²) < 4.78 is 2.47. The summed E-state index contributed by atoms with van der Waals surface area (Å²) in [5.41, 5.74) is 6.14. The number of rotatable bonds is 1. The van der Waals surface area contributed by atoms with Gasteiger partial charge in [0.05, 0.1) is 0 Å². The number of nitrogens with zero attached hydrogens (tertiary/aromatic N) is 1. The Balaban J connectivity index is 2.02. The van der Waals surface area contributed by atoms with E-state index < -0.39 is 0 Å². The van der Waals surface area contributed by atoms with Gasteiger partial charge < -0.3 is 4.57 Å². The summed E-state index contributed by atoms with van der Waals surface area (Å²) in [7, 11) is 2.27. The number of fused-ring (bicyclic) bond motifs is 5. The van der Waals surface area contributed by atoms with E-state index in [2.05, 4.69) is 45.5 Å². The van der Waals surface area contributed by atoms with Gasteiger partial charge in [0.15, 0.2) is 0 Å². The molecule has 3 atom stereocenters. The van der Waals surface area contributed by atoms with E-state index >= 15 is 0 Å². The monoisotopic (exact) mass is 243 g/mol. The first-order valence-electron chi connectivity index (χ1n) is 7.64. The Morgan fingerprint density at radius 1 is 1.33 bits per heavy atom. The molecule has 0 aliphatic heterocycles. The fraction of sp³-hybridized carbons (Fsp3) is 0.765. The molecule has 2 saturated carbocycles. The third-order valence-corrected chi connectivity index (χ3v) is 6.73. The molecule has 0 aromatic carbocycles. The van der Waals surface area contributed by atoms with E-state index in [4.69, 9.17) is 0 Å². The van der Waals surface area contributed by atoms with Crippen LogP contribution in [0, 0.1) is 24.7 Å². The average molecular weight is 243 g/mol. The van der Waals surface area contributed by atoms with Gasteiger partial charge in [-0.05, 0) is 48.6 Å². The molecule has 1 heteroatoms. The van der Waals surface area contributed by atoms with Crippen molar-refractivity contribution in [2.24, 2.45) is 24.8 Å². The van der Waals surface area contributed by atoms with E-state index in [0.29, 0.717) is 10.8 Å². The Labute approximate surface area is 111 Å². The van der Waals surface area contributed by atoms with Crippen LogP contribution in [0.4, 0.5) is 0 Å². The molecule has 1 aromatic heterocycles. The molecule has 0 saturated heterocycles. The van der Waals surface area contributed by atoms with Crippen LogP contribution in [0.15, 0.2) is 6.20 Å². The molecule has 1 aromatic rings. The number of aryl methyl sites for hydroxylation is 2. The van der Waals surface area contributed by atoms with E-state index in [1.54, 1.807) is 16.8 Å². The van der Waals surface area contributed by atoms with Crippen LogP contribution in [0.25, 0.3) is 0 Å². The van der Waals surface area contributed by atoms with Gasteiger partial charge in [0.2, 0.25) is 0 Å². The van der Waals surface area contributed by atoms with Gasteiger partial charge >= 0.3 is 0 Å². The van der Waals surface area contributed by atoms with Crippen molar-refractivity contribution in [3.05, 3.63) is 23.0 Å². The predicted octanol–water partition coefficient (Wildman–Crippen LogP) is 3.93. The molecule has 98 valence electrons. The second-order valence-electron chi connectivity index (χ2n) is 7.51. The molecule has 3 unspecified atom stereocenters. The van der Waals surface area contributed by atoms with E-state index in [-0.39, 0.29) is 0 Å². The second-order valence-corrected chi connectivity index (χ2v) is 7.51. The average Bonchev–Trinajstić information content (AvgIpc) is 2.62. The standard InChI is InChI=1S/C17H25N/c1-10(2)17-12(4)14(17)16(7-6-8-16)15-13(17)11(3)9-18(15)5/h9-10,12,14H,6-8H2,1-5H3. The van der Waals surface area contributed by atoms with Crippen LogP contribution in [0.3, 0.4) is 0 Å². The predicted molar refractivity (Wildman–Crippen MR) is 74.8 cm³/mol. The summed E-state index contributed by atoms with van der Waals surface area (Å²) in [6.45, 7) is 9.75. The fourth-order valence-electron chi connectivity index (χ4n) is 6.26. The van der Waals surface area contributed by atoms with Crippen LogP contribution in [0.5, 0.6) is 0 Å². The summed E-state index contributed by atoms with van der Waals surface area (Å²) in [6, 6.07) is 0. The summed E-state index contributed by atoms with van der Waals surface area (Å²) in [6.07, 6.45) is 6.72. The largest absolute Gasteiger partial charge is 0.353 e. The lowest BCUT2D eigenvalue weighted by Crippen LogP contribution is -2.37. The van der Waals surface area contributed by atoms with Gasteiger partial charge in [-0.25, -0.2) is 0 Å². The minimum atomic E-state index is 0.529. The molecule has 18 heavy (non-hydrogen) atoms. The number of hydrogen-bond donors (Lipinski definition) is 0. The minimum absolute atomic E-state index is 0.529. The molecule has 3 aliphatic carbocycles. The highest BCUT2D eigenvalue weighted by Gasteiger charge is 2.78. The van der Waals surface area contributed by atoms with Gasteiger partial charge in [-0.1, -0.05) is 27.2 Å². The van der Waals surface area contributed by atoms with E-state index in [0.717, 1.165) is 17.8 Å². The van der Waals surface area contributed by atoms with Crippen LogP contribution in [0.2, 0.25) is 0 Å². The van der Waals surface area contributed by atoms with E-state index in [1.807, 2.05) is 0 Å². The van der Waals surface area contributed by atoms with E-state index in [1.165, 1.54) is 19.3 Å². The van der Waals surface area contributed by atoms with Gasteiger partial charge in [0, 0.05) is 29.8 Å². The smallest absolute Gasteiger partial charge is 0.0278 e. The van der Waals surface area contributed by atoms with Gasteiger partial charge in [0.1, 0.15) is 0 Å². The molecule has 1 heterocycles.